The molecule has 1 atom stereocenters. The van der Waals surface area contributed by atoms with Crippen LogP contribution < -0.4 is 5.32 Å². The van der Waals surface area contributed by atoms with Gasteiger partial charge in [0.05, 0.1) is 36.7 Å². The largest absolute Gasteiger partial charge is 0.464 e. The lowest BCUT2D eigenvalue weighted by atomic mass is 10.0. The van der Waals surface area contributed by atoms with Gasteiger partial charge in [-0.15, -0.1) is 0 Å². The number of benzene rings is 1. The van der Waals surface area contributed by atoms with E-state index in [-0.39, 0.29) is 23.4 Å². The summed E-state index contributed by atoms with van der Waals surface area (Å²) in [6.07, 6.45) is -6.87. The van der Waals surface area contributed by atoms with E-state index in [1.54, 1.807) is 0 Å². The number of nitrogens with zero attached hydrogens (tertiary/aromatic N) is 5. The number of rotatable bonds is 5. The minimum Gasteiger partial charge on any atom is -0.464 e. The molecule has 1 N–H and O–H groups in total. The number of hydrogen-bond donors (Lipinski definition) is 1. The average molecular weight is 488 g/mol. The highest BCUT2D eigenvalue weighted by molar-refractivity contribution is 5.95. The maximum Gasteiger partial charge on any atom is 0.416 e. The number of carbonyl (C=O) groups is 2. The predicted molar refractivity (Wildman–Crippen MR) is 101 cm³/mol. The normalized spacial score (nSPS) is 12.8. The molecule has 0 aliphatic heterocycles. The quantitative estimate of drug-likeness (QED) is 0.433. The first-order chi connectivity index (χ1) is 15.8. The second-order valence-electron chi connectivity index (χ2n) is 6.77. The maximum atomic E-state index is 13.1. The number of hydrogen-bond acceptors (Lipinski definition) is 7. The number of amides is 1. The number of aromatic nitrogens is 5. The monoisotopic (exact) mass is 488 g/mol. The lowest BCUT2D eigenvalue weighted by molar-refractivity contribution is -0.143. The highest BCUT2D eigenvalue weighted by Crippen LogP contribution is 2.36. The summed E-state index contributed by atoms with van der Waals surface area (Å²) >= 11 is 0. The van der Waals surface area contributed by atoms with Crippen LogP contribution >= 0.6 is 0 Å². The molecule has 0 unspecified atom stereocenters. The van der Waals surface area contributed by atoms with E-state index in [0.29, 0.717) is 12.1 Å². The van der Waals surface area contributed by atoms with E-state index in [0.717, 1.165) is 30.5 Å². The summed E-state index contributed by atoms with van der Waals surface area (Å²) in [7, 11) is 1.15. The van der Waals surface area contributed by atoms with Crippen LogP contribution in [-0.4, -0.2) is 43.7 Å². The van der Waals surface area contributed by atoms with Crippen molar-refractivity contribution in [1.82, 2.24) is 30.0 Å². The van der Waals surface area contributed by atoms with Crippen molar-refractivity contribution < 1.29 is 40.7 Å². The number of esters is 1. The molecule has 0 aliphatic rings. The molecule has 2 aromatic heterocycles. The van der Waals surface area contributed by atoms with E-state index < -0.39 is 47.0 Å². The number of ether oxygens (including phenoxy) is 1. The summed E-state index contributed by atoms with van der Waals surface area (Å²) in [4.78, 5) is 35.8. The summed E-state index contributed by atoms with van der Waals surface area (Å²) < 4.78 is 84.0. The van der Waals surface area contributed by atoms with E-state index in [2.05, 4.69) is 30.1 Å². The molecule has 1 aromatic carbocycles. The van der Waals surface area contributed by atoms with E-state index in [1.165, 1.54) is 6.92 Å². The van der Waals surface area contributed by atoms with E-state index in [4.69, 9.17) is 0 Å². The molecule has 2 heterocycles. The third kappa shape index (κ3) is 5.29. The highest BCUT2D eigenvalue weighted by atomic mass is 19.4. The predicted octanol–water partition coefficient (Wildman–Crippen LogP) is 3.37. The zero-order valence-electron chi connectivity index (χ0n) is 17.3. The molecule has 0 bridgehead atoms. The van der Waals surface area contributed by atoms with Gasteiger partial charge in [-0.25, -0.2) is 19.7 Å². The van der Waals surface area contributed by atoms with Crippen molar-refractivity contribution in [2.45, 2.75) is 25.3 Å². The van der Waals surface area contributed by atoms with Gasteiger partial charge in [-0.3, -0.25) is 4.79 Å². The van der Waals surface area contributed by atoms with Gasteiger partial charge < -0.3 is 10.1 Å². The van der Waals surface area contributed by atoms with Crippen LogP contribution in [0.15, 0.2) is 36.9 Å². The van der Waals surface area contributed by atoms with Gasteiger partial charge in [0.1, 0.15) is 6.33 Å². The summed E-state index contributed by atoms with van der Waals surface area (Å²) in [6.45, 7) is 1.38. The third-order valence-corrected chi connectivity index (χ3v) is 4.41. The standard InChI is InChI=1S/C19H14F6N6O3/c1-9(15-28-8-29-31(15)14-7-26-13(6-27-14)17(33)34-2)30-16(32)10-3-11(18(20,21)22)5-12(4-10)19(23,24)25/h3-9H,1-2H3,(H,30,32)/t9-/m0/s1. The summed E-state index contributed by atoms with van der Waals surface area (Å²) in [5.41, 5.74) is -4.19. The van der Waals surface area contributed by atoms with Crippen molar-refractivity contribution in [3.63, 3.8) is 0 Å². The molecular formula is C19H14F6N6O3. The molecule has 0 saturated carbocycles. The molecule has 0 radical (unpaired) electrons. The highest BCUT2D eigenvalue weighted by Gasteiger charge is 2.37. The fourth-order valence-electron chi connectivity index (χ4n) is 2.79. The Labute approximate surface area is 186 Å². The van der Waals surface area contributed by atoms with Gasteiger partial charge in [-0.2, -0.15) is 36.1 Å². The molecule has 180 valence electrons. The van der Waals surface area contributed by atoms with Crippen molar-refractivity contribution in [1.29, 1.82) is 0 Å². The Morgan fingerprint density at radius 3 is 2.09 bits per heavy atom. The molecule has 9 nitrogen and oxygen atoms in total. The Morgan fingerprint density at radius 1 is 0.971 bits per heavy atom. The van der Waals surface area contributed by atoms with Crippen molar-refractivity contribution in [2.24, 2.45) is 0 Å². The molecule has 0 spiro atoms. The zero-order valence-corrected chi connectivity index (χ0v) is 17.3. The summed E-state index contributed by atoms with van der Waals surface area (Å²) in [5.74, 6) is -1.83. The van der Waals surface area contributed by atoms with Crippen LogP contribution in [0.25, 0.3) is 5.82 Å². The lowest BCUT2D eigenvalue weighted by Gasteiger charge is -2.17. The second kappa shape index (κ2) is 9.07. The minimum absolute atomic E-state index is 0.0384. The number of methoxy groups -OCH3 is 1. The molecule has 3 rings (SSSR count). The Bertz CT molecular complexity index is 1170. The first-order valence-corrected chi connectivity index (χ1v) is 9.22. The molecule has 3 aromatic rings. The molecule has 0 fully saturated rings. The minimum atomic E-state index is -5.10. The summed E-state index contributed by atoms with van der Waals surface area (Å²) in [5, 5.41) is 6.20. The Morgan fingerprint density at radius 2 is 1.59 bits per heavy atom. The fourth-order valence-corrected chi connectivity index (χ4v) is 2.79. The van der Waals surface area contributed by atoms with Crippen LogP contribution in [0.2, 0.25) is 0 Å². The van der Waals surface area contributed by atoms with Gasteiger partial charge >= 0.3 is 18.3 Å². The van der Waals surface area contributed by atoms with Crippen LogP contribution in [0.5, 0.6) is 0 Å². The molecule has 0 aliphatic carbocycles. The van der Waals surface area contributed by atoms with Crippen molar-refractivity contribution in [2.75, 3.05) is 7.11 Å². The molecular weight excluding hydrogens is 474 g/mol. The summed E-state index contributed by atoms with van der Waals surface area (Å²) in [6, 6.07) is -0.466. The van der Waals surface area contributed by atoms with Crippen molar-refractivity contribution in [3.8, 4) is 5.82 Å². The van der Waals surface area contributed by atoms with Gasteiger partial charge in [0, 0.05) is 5.56 Å². The van der Waals surface area contributed by atoms with Gasteiger partial charge in [-0.05, 0) is 25.1 Å². The van der Waals surface area contributed by atoms with Gasteiger partial charge in [0.2, 0.25) is 0 Å². The van der Waals surface area contributed by atoms with Crippen molar-refractivity contribution in [3.05, 3.63) is 65.1 Å². The number of carbonyl (C=O) groups excluding carboxylic acids is 2. The number of alkyl halides is 6. The number of halogens is 6. The van der Waals surface area contributed by atoms with Crippen LogP contribution in [0, 0.1) is 0 Å². The first kappa shape index (κ1) is 24.6. The topological polar surface area (TPSA) is 112 Å². The SMILES string of the molecule is COC(=O)c1cnc(-n2ncnc2[C@H](C)NC(=O)c2cc(C(F)(F)F)cc(C(F)(F)F)c2)cn1. The Hall–Kier alpha value is -4.04. The van der Waals surface area contributed by atoms with Crippen LogP contribution in [0.4, 0.5) is 26.3 Å². The fraction of sp³-hybridized carbons (Fsp3) is 0.263. The smallest absolute Gasteiger partial charge is 0.416 e. The second-order valence-corrected chi connectivity index (χ2v) is 6.77. The lowest BCUT2D eigenvalue weighted by Crippen LogP contribution is -2.29. The van der Waals surface area contributed by atoms with Gasteiger partial charge in [-0.1, -0.05) is 0 Å². The molecule has 15 heteroatoms. The maximum absolute atomic E-state index is 13.1. The average Bonchev–Trinajstić information content (AvgIpc) is 3.27. The Balaban J connectivity index is 1.88. The molecule has 0 saturated heterocycles. The van der Waals surface area contributed by atoms with Crippen LogP contribution in [-0.2, 0) is 17.1 Å². The van der Waals surface area contributed by atoms with E-state index in [1.807, 2.05) is 0 Å². The van der Waals surface area contributed by atoms with Gasteiger partial charge in [0.25, 0.3) is 5.91 Å². The Kier molecular flexibility index (Phi) is 6.56. The van der Waals surface area contributed by atoms with Crippen LogP contribution in [0.3, 0.4) is 0 Å². The third-order valence-electron chi connectivity index (χ3n) is 4.41. The van der Waals surface area contributed by atoms with Crippen molar-refractivity contribution >= 4 is 11.9 Å². The van der Waals surface area contributed by atoms with E-state index >= 15 is 0 Å². The molecule has 34 heavy (non-hydrogen) atoms. The first-order valence-electron chi connectivity index (χ1n) is 9.22. The molecule has 1 amide bonds. The zero-order chi connectivity index (χ0) is 25.3. The van der Waals surface area contributed by atoms with E-state index in [9.17, 15) is 35.9 Å². The van der Waals surface area contributed by atoms with Crippen LogP contribution in [0.1, 0.15) is 50.8 Å². The number of nitrogens with one attached hydrogen (secondary N) is 1. The van der Waals surface area contributed by atoms with Gasteiger partial charge in [0.15, 0.2) is 17.3 Å².